The minimum absolute atomic E-state index is 0.0844. The van der Waals surface area contributed by atoms with Gasteiger partial charge in [0.1, 0.15) is 10.7 Å². The van der Waals surface area contributed by atoms with Crippen LogP contribution in [-0.2, 0) is 22.7 Å². The first-order valence-electron chi connectivity index (χ1n) is 10.9. The van der Waals surface area contributed by atoms with Crippen LogP contribution in [0.3, 0.4) is 0 Å². The van der Waals surface area contributed by atoms with E-state index >= 15 is 0 Å². The smallest absolute Gasteiger partial charge is 0.278 e. The van der Waals surface area contributed by atoms with E-state index < -0.39 is 11.8 Å². The molecule has 0 spiro atoms. The fourth-order valence-corrected chi connectivity index (χ4v) is 3.93. The van der Waals surface area contributed by atoms with Crippen LogP contribution < -0.4 is 10.6 Å². The lowest BCUT2D eigenvalue weighted by atomic mass is 10.1. The molecule has 3 aromatic rings. The number of nitrogens with one attached hydrogen (secondary N) is 2. The highest BCUT2D eigenvalue weighted by Crippen LogP contribution is 2.24. The lowest BCUT2D eigenvalue weighted by Gasteiger charge is -2.15. The fraction of sp³-hybridized carbons (Fsp3) is 0.148. The summed E-state index contributed by atoms with van der Waals surface area (Å²) in [6.07, 6.45) is 0. The first-order valence-corrected chi connectivity index (χ1v) is 11.3. The van der Waals surface area contributed by atoms with Crippen LogP contribution in [0, 0.1) is 0 Å². The first-order chi connectivity index (χ1) is 16.4. The summed E-state index contributed by atoms with van der Waals surface area (Å²) in [5.74, 6) is -1.14. The molecule has 4 rings (SSSR count). The van der Waals surface area contributed by atoms with Crippen molar-refractivity contribution in [2.75, 3.05) is 0 Å². The molecule has 0 aliphatic carbocycles. The van der Waals surface area contributed by atoms with Gasteiger partial charge < -0.3 is 10.6 Å². The molecule has 1 unspecified atom stereocenters. The van der Waals surface area contributed by atoms with Gasteiger partial charge in [-0.1, -0.05) is 84.4 Å². The third kappa shape index (κ3) is 5.18. The Hall–Kier alpha value is -3.90. The molecule has 1 aliphatic rings. The van der Waals surface area contributed by atoms with E-state index in [4.69, 9.17) is 11.6 Å². The molecule has 0 fully saturated rings. The first kappa shape index (κ1) is 23.3. The number of nitrogens with zero attached hydrogens (tertiary/aromatic N) is 1. The Kier molecular flexibility index (Phi) is 7.09. The summed E-state index contributed by atoms with van der Waals surface area (Å²) in [6, 6.07) is 25.9. The van der Waals surface area contributed by atoms with E-state index in [0.29, 0.717) is 5.56 Å². The van der Waals surface area contributed by atoms with E-state index in [0.717, 1.165) is 21.6 Å². The second kappa shape index (κ2) is 10.4. The average molecular weight is 474 g/mol. The molecule has 6 nitrogen and oxygen atoms in total. The lowest BCUT2D eigenvalue weighted by Crippen LogP contribution is -2.33. The molecule has 7 heteroatoms. The van der Waals surface area contributed by atoms with Crippen LogP contribution in [0.5, 0.6) is 0 Å². The van der Waals surface area contributed by atoms with Gasteiger partial charge in [-0.2, -0.15) is 0 Å². The van der Waals surface area contributed by atoms with Crippen molar-refractivity contribution in [3.8, 4) is 0 Å². The zero-order valence-corrected chi connectivity index (χ0v) is 19.4. The van der Waals surface area contributed by atoms with Crippen molar-refractivity contribution in [2.24, 2.45) is 0 Å². The molecule has 3 amide bonds. The monoisotopic (exact) mass is 473 g/mol. The van der Waals surface area contributed by atoms with Crippen molar-refractivity contribution in [1.29, 1.82) is 0 Å². The lowest BCUT2D eigenvalue weighted by molar-refractivity contribution is -0.138. The summed E-state index contributed by atoms with van der Waals surface area (Å²) in [5.41, 5.74) is 3.32. The number of rotatable bonds is 8. The molecule has 3 aromatic carbocycles. The second-order valence-corrected chi connectivity index (χ2v) is 8.41. The quantitative estimate of drug-likeness (QED) is 0.478. The standard InChI is InChI=1S/C27H24ClN3O3/c1-18(21-10-6-3-7-11-21)30-25(32)22-14-12-19(13-15-22)16-29-24-23(28)26(33)31(27(24)34)17-20-8-4-2-5-9-20/h2-15,18,29H,16-17H2,1H3,(H,30,32). The number of carbonyl (C=O) groups is 3. The maximum absolute atomic E-state index is 12.8. The van der Waals surface area contributed by atoms with Crippen LogP contribution in [-0.4, -0.2) is 22.6 Å². The van der Waals surface area contributed by atoms with Crippen molar-refractivity contribution in [3.63, 3.8) is 0 Å². The van der Waals surface area contributed by atoms with E-state index in [1.54, 1.807) is 24.3 Å². The van der Waals surface area contributed by atoms with Crippen molar-refractivity contribution >= 4 is 29.3 Å². The van der Waals surface area contributed by atoms with Crippen molar-refractivity contribution in [1.82, 2.24) is 15.5 Å². The number of imide groups is 1. The molecule has 0 bridgehead atoms. The van der Waals surface area contributed by atoms with Gasteiger partial charge in [-0.25, -0.2) is 0 Å². The van der Waals surface area contributed by atoms with Gasteiger partial charge in [0.05, 0.1) is 12.6 Å². The molecule has 0 aromatic heterocycles. The average Bonchev–Trinajstić information content (AvgIpc) is 3.07. The van der Waals surface area contributed by atoms with Crippen LogP contribution in [0.4, 0.5) is 0 Å². The van der Waals surface area contributed by atoms with Gasteiger partial charge in [-0.3, -0.25) is 19.3 Å². The van der Waals surface area contributed by atoms with E-state index in [1.165, 1.54) is 0 Å². The Balaban J connectivity index is 1.35. The molecular weight excluding hydrogens is 450 g/mol. The minimum atomic E-state index is -0.516. The highest BCUT2D eigenvalue weighted by Gasteiger charge is 2.37. The molecule has 1 aliphatic heterocycles. The Morgan fingerprint density at radius 1 is 0.853 bits per heavy atom. The van der Waals surface area contributed by atoms with Gasteiger partial charge in [-0.05, 0) is 35.7 Å². The number of carbonyl (C=O) groups excluding carboxylic acids is 3. The SMILES string of the molecule is CC(NC(=O)c1ccc(CNC2=C(Cl)C(=O)N(Cc3ccccc3)C2=O)cc1)c1ccccc1. The molecule has 172 valence electrons. The number of amides is 3. The van der Waals surface area contributed by atoms with Gasteiger partial charge in [0.15, 0.2) is 0 Å². The molecule has 0 saturated heterocycles. The van der Waals surface area contributed by atoms with E-state index in [1.807, 2.05) is 67.6 Å². The molecule has 2 N–H and O–H groups in total. The van der Waals surface area contributed by atoms with Gasteiger partial charge in [0.25, 0.3) is 17.7 Å². The highest BCUT2D eigenvalue weighted by molar-refractivity contribution is 6.47. The molecule has 1 heterocycles. The van der Waals surface area contributed by atoms with E-state index in [2.05, 4.69) is 10.6 Å². The second-order valence-electron chi connectivity index (χ2n) is 8.03. The van der Waals surface area contributed by atoms with Crippen LogP contribution >= 0.6 is 11.6 Å². The minimum Gasteiger partial charge on any atom is -0.375 e. The summed E-state index contributed by atoms with van der Waals surface area (Å²) in [7, 11) is 0. The third-order valence-electron chi connectivity index (χ3n) is 5.63. The summed E-state index contributed by atoms with van der Waals surface area (Å²) < 4.78 is 0. The highest BCUT2D eigenvalue weighted by atomic mass is 35.5. The molecule has 0 saturated carbocycles. The summed E-state index contributed by atoms with van der Waals surface area (Å²) in [6.45, 7) is 2.38. The van der Waals surface area contributed by atoms with Crippen LogP contribution in [0.1, 0.15) is 40.0 Å². The maximum Gasteiger partial charge on any atom is 0.278 e. The Labute approximate surface area is 203 Å². The zero-order chi connectivity index (χ0) is 24.1. The van der Waals surface area contributed by atoms with Gasteiger partial charge in [0.2, 0.25) is 0 Å². The topological polar surface area (TPSA) is 78.5 Å². The van der Waals surface area contributed by atoms with Crippen LogP contribution in [0.25, 0.3) is 0 Å². The fourth-order valence-electron chi connectivity index (χ4n) is 3.68. The molecule has 1 atom stereocenters. The number of hydrogen-bond donors (Lipinski definition) is 2. The van der Waals surface area contributed by atoms with Crippen molar-refractivity contribution in [2.45, 2.75) is 26.1 Å². The van der Waals surface area contributed by atoms with E-state index in [9.17, 15) is 14.4 Å². The van der Waals surface area contributed by atoms with Crippen LogP contribution in [0.15, 0.2) is 95.7 Å². The number of halogens is 1. The van der Waals surface area contributed by atoms with Gasteiger partial charge in [0, 0.05) is 12.1 Å². The third-order valence-corrected chi connectivity index (χ3v) is 5.98. The van der Waals surface area contributed by atoms with Crippen molar-refractivity contribution in [3.05, 3.63) is 118 Å². The summed E-state index contributed by atoms with van der Waals surface area (Å²) in [4.78, 5) is 38.9. The van der Waals surface area contributed by atoms with Gasteiger partial charge >= 0.3 is 0 Å². The Morgan fingerprint density at radius 3 is 2.12 bits per heavy atom. The number of hydrogen-bond acceptors (Lipinski definition) is 4. The predicted octanol–water partition coefficient (Wildman–Crippen LogP) is 4.29. The molecule has 34 heavy (non-hydrogen) atoms. The summed E-state index contributed by atoms with van der Waals surface area (Å²) >= 11 is 6.17. The van der Waals surface area contributed by atoms with Crippen LogP contribution in [0.2, 0.25) is 0 Å². The number of benzene rings is 3. The molecule has 0 radical (unpaired) electrons. The predicted molar refractivity (Wildman–Crippen MR) is 130 cm³/mol. The Morgan fingerprint density at radius 2 is 1.47 bits per heavy atom. The largest absolute Gasteiger partial charge is 0.375 e. The maximum atomic E-state index is 12.8. The van der Waals surface area contributed by atoms with Crippen molar-refractivity contribution < 1.29 is 14.4 Å². The summed E-state index contributed by atoms with van der Waals surface area (Å²) in [5, 5.41) is 5.85. The van der Waals surface area contributed by atoms with Gasteiger partial charge in [-0.15, -0.1) is 0 Å². The zero-order valence-electron chi connectivity index (χ0n) is 18.6. The normalized spacial score (nSPS) is 14.4. The molecular formula is C27H24ClN3O3. The van der Waals surface area contributed by atoms with E-state index in [-0.39, 0.29) is 35.8 Å². The Bertz CT molecular complexity index is 1220.